The van der Waals surface area contributed by atoms with E-state index in [4.69, 9.17) is 4.42 Å². The summed E-state index contributed by atoms with van der Waals surface area (Å²) in [7, 11) is -1.53. The number of hydrogen-bond donors (Lipinski definition) is 1. The van der Waals surface area contributed by atoms with Crippen LogP contribution in [0, 0.1) is 0 Å². The summed E-state index contributed by atoms with van der Waals surface area (Å²) in [4.78, 5) is 14.9. The number of carbonyl (C=O) groups is 1. The van der Waals surface area contributed by atoms with E-state index in [9.17, 15) is 13.2 Å². The fourth-order valence-corrected chi connectivity index (χ4v) is 6.04. The lowest BCUT2D eigenvalue weighted by molar-refractivity contribution is 0.0917. The minimum absolute atomic E-state index is 0.00855. The van der Waals surface area contributed by atoms with E-state index < -0.39 is 15.9 Å². The molecule has 2 fully saturated rings. The third kappa shape index (κ3) is 5.18. The predicted octanol–water partition coefficient (Wildman–Crippen LogP) is 4.15. The highest BCUT2D eigenvalue weighted by Gasteiger charge is 2.29. The summed E-state index contributed by atoms with van der Waals surface area (Å²) in [6.45, 7) is 1.34. The van der Waals surface area contributed by atoms with E-state index in [2.05, 4.69) is 29.4 Å². The number of furan rings is 1. The first-order valence-corrected chi connectivity index (χ1v) is 13.1. The zero-order chi connectivity index (χ0) is 22.6. The maximum absolute atomic E-state index is 12.7. The molecule has 1 aromatic heterocycles. The highest BCUT2D eigenvalue weighted by molar-refractivity contribution is 7.89. The van der Waals surface area contributed by atoms with Crippen molar-refractivity contribution >= 4 is 21.6 Å². The van der Waals surface area contributed by atoms with Gasteiger partial charge in [0.15, 0.2) is 5.76 Å². The van der Waals surface area contributed by atoms with Crippen molar-refractivity contribution < 1.29 is 17.6 Å². The average Bonchev–Trinajstić information content (AvgIpc) is 3.35. The van der Waals surface area contributed by atoms with Crippen molar-refractivity contribution in [2.75, 3.05) is 25.0 Å². The van der Waals surface area contributed by atoms with E-state index in [-0.39, 0.29) is 10.9 Å². The molecule has 1 saturated carbocycles. The van der Waals surface area contributed by atoms with Crippen molar-refractivity contribution in [1.82, 2.24) is 9.62 Å². The van der Waals surface area contributed by atoms with Gasteiger partial charge < -0.3 is 14.6 Å². The smallest absolute Gasteiger partial charge is 0.287 e. The number of anilines is 1. The maximum atomic E-state index is 12.7. The summed E-state index contributed by atoms with van der Waals surface area (Å²) in [5.74, 6) is -0.414. The highest BCUT2D eigenvalue weighted by atomic mass is 32.2. The lowest BCUT2D eigenvalue weighted by Crippen LogP contribution is -2.35. The quantitative estimate of drug-likeness (QED) is 0.672. The third-order valence-electron chi connectivity index (χ3n) is 6.63. The molecule has 0 unspecified atom stereocenters. The molecule has 7 nitrogen and oxygen atoms in total. The molecule has 0 bridgehead atoms. The average molecular weight is 460 g/mol. The summed E-state index contributed by atoms with van der Waals surface area (Å²) in [5.41, 5.74) is 2.16. The van der Waals surface area contributed by atoms with Gasteiger partial charge in [0.25, 0.3) is 15.9 Å². The molecule has 1 aliphatic heterocycles. The number of nitrogens with one attached hydrogen (secondary N) is 1. The predicted molar refractivity (Wildman–Crippen MR) is 124 cm³/mol. The van der Waals surface area contributed by atoms with Gasteiger partial charge >= 0.3 is 0 Å². The molecule has 1 amide bonds. The van der Waals surface area contributed by atoms with E-state index in [1.807, 2.05) is 12.1 Å². The van der Waals surface area contributed by atoms with E-state index in [1.54, 1.807) is 0 Å². The largest absolute Gasteiger partial charge is 0.438 e. The number of sulfonamides is 1. The minimum Gasteiger partial charge on any atom is -0.438 e. The van der Waals surface area contributed by atoms with Gasteiger partial charge in [-0.05, 0) is 55.5 Å². The van der Waals surface area contributed by atoms with Crippen molar-refractivity contribution in [2.24, 2.45) is 0 Å². The van der Waals surface area contributed by atoms with Gasteiger partial charge in [-0.15, -0.1) is 0 Å². The molecule has 8 heteroatoms. The van der Waals surface area contributed by atoms with Gasteiger partial charge in [-0.3, -0.25) is 4.79 Å². The zero-order valence-electron chi connectivity index (χ0n) is 18.8. The second-order valence-corrected chi connectivity index (χ2v) is 10.7. The number of rotatable bonds is 7. The minimum atomic E-state index is -3.68. The standard InChI is InChI=1S/C24H33N3O4S/c1-26(20-8-4-2-5-9-20)21-12-10-19(11-13-21)18-25-24(28)22-14-15-23(31-22)32(29,30)27-16-6-3-7-17-27/h10-15,20H,2-9,16-18H2,1H3,(H,25,28). The first-order valence-electron chi connectivity index (χ1n) is 11.6. The molecule has 174 valence electrons. The Hall–Kier alpha value is -2.32. The molecule has 4 rings (SSSR count). The molecule has 2 heterocycles. The van der Waals surface area contributed by atoms with Crippen molar-refractivity contribution in [3.05, 3.63) is 47.7 Å². The van der Waals surface area contributed by atoms with Crippen LogP contribution in [0.1, 0.15) is 67.5 Å². The molecule has 32 heavy (non-hydrogen) atoms. The van der Waals surface area contributed by atoms with Gasteiger partial charge in [-0.1, -0.05) is 37.8 Å². The Morgan fingerprint density at radius 2 is 1.66 bits per heavy atom. The van der Waals surface area contributed by atoms with Crippen LogP contribution in [0.25, 0.3) is 0 Å². The lowest BCUT2D eigenvalue weighted by Gasteiger charge is -2.33. The number of amides is 1. The van der Waals surface area contributed by atoms with Crippen LogP contribution in [0.5, 0.6) is 0 Å². The lowest BCUT2D eigenvalue weighted by atomic mass is 9.94. The molecule has 2 aliphatic rings. The Kier molecular flexibility index (Phi) is 7.20. The molecule has 1 saturated heterocycles. The Bertz CT molecular complexity index is 1000. The summed E-state index contributed by atoms with van der Waals surface area (Å²) in [6, 6.07) is 11.6. The molecule has 1 N–H and O–H groups in total. The number of carbonyl (C=O) groups excluding carboxylic acids is 1. The van der Waals surface area contributed by atoms with Crippen LogP contribution in [0.2, 0.25) is 0 Å². The number of benzene rings is 1. The second kappa shape index (κ2) is 10.1. The van der Waals surface area contributed by atoms with Crippen LogP contribution in [-0.2, 0) is 16.6 Å². The number of hydrogen-bond acceptors (Lipinski definition) is 5. The van der Waals surface area contributed by atoms with Gasteiger partial charge in [0.05, 0.1) is 0 Å². The fraction of sp³-hybridized carbons (Fsp3) is 0.542. The van der Waals surface area contributed by atoms with E-state index in [0.717, 1.165) is 24.8 Å². The van der Waals surface area contributed by atoms with Crippen LogP contribution >= 0.6 is 0 Å². The third-order valence-corrected chi connectivity index (χ3v) is 8.41. The number of nitrogens with zero attached hydrogens (tertiary/aromatic N) is 2. The highest BCUT2D eigenvalue weighted by Crippen LogP contribution is 2.26. The van der Waals surface area contributed by atoms with Crippen LogP contribution in [0.15, 0.2) is 45.9 Å². The number of piperidine rings is 1. The maximum Gasteiger partial charge on any atom is 0.287 e. The van der Waals surface area contributed by atoms with Gasteiger partial charge in [-0.2, -0.15) is 4.31 Å². The van der Waals surface area contributed by atoms with Crippen LogP contribution in [0.4, 0.5) is 5.69 Å². The van der Waals surface area contributed by atoms with Crippen molar-refractivity contribution in [3.8, 4) is 0 Å². The molecule has 2 aromatic rings. The Labute approximate surface area is 190 Å². The van der Waals surface area contributed by atoms with E-state index in [0.29, 0.717) is 25.7 Å². The van der Waals surface area contributed by atoms with Gasteiger partial charge in [0, 0.05) is 38.4 Å². The Balaban J connectivity index is 1.33. The molecule has 0 atom stereocenters. The summed E-state index contributed by atoms with van der Waals surface area (Å²) in [5, 5.41) is 2.65. The first kappa shape index (κ1) is 22.9. The Morgan fingerprint density at radius 1 is 1.00 bits per heavy atom. The summed E-state index contributed by atoms with van der Waals surface area (Å²) in [6.07, 6.45) is 9.16. The SMILES string of the molecule is CN(c1ccc(CNC(=O)c2ccc(S(=O)(=O)N3CCCCC3)o2)cc1)C1CCCCC1. The molecule has 0 radical (unpaired) electrons. The van der Waals surface area contributed by atoms with Gasteiger partial charge in [-0.25, -0.2) is 8.42 Å². The Morgan fingerprint density at radius 3 is 2.34 bits per heavy atom. The molecule has 0 spiro atoms. The summed E-state index contributed by atoms with van der Waals surface area (Å²) < 4.78 is 32.3. The van der Waals surface area contributed by atoms with E-state index in [1.165, 1.54) is 54.2 Å². The van der Waals surface area contributed by atoms with Crippen molar-refractivity contribution in [3.63, 3.8) is 0 Å². The molecular formula is C24H33N3O4S. The molecular weight excluding hydrogens is 426 g/mol. The van der Waals surface area contributed by atoms with Crippen molar-refractivity contribution in [1.29, 1.82) is 0 Å². The van der Waals surface area contributed by atoms with E-state index >= 15 is 0 Å². The second-order valence-electron chi connectivity index (χ2n) is 8.84. The van der Waals surface area contributed by atoms with Crippen molar-refractivity contribution in [2.45, 2.75) is 69.0 Å². The van der Waals surface area contributed by atoms with Crippen LogP contribution in [0.3, 0.4) is 0 Å². The molecule has 1 aromatic carbocycles. The topological polar surface area (TPSA) is 82.9 Å². The zero-order valence-corrected chi connectivity index (χ0v) is 19.6. The van der Waals surface area contributed by atoms with Crippen LogP contribution < -0.4 is 10.2 Å². The normalized spacial score (nSPS) is 18.4. The fourth-order valence-electron chi connectivity index (χ4n) is 4.61. The molecule has 1 aliphatic carbocycles. The van der Waals surface area contributed by atoms with Gasteiger partial charge in [0.1, 0.15) is 0 Å². The van der Waals surface area contributed by atoms with Gasteiger partial charge in [0.2, 0.25) is 5.09 Å². The van der Waals surface area contributed by atoms with Crippen LogP contribution in [-0.4, -0.2) is 44.8 Å². The summed E-state index contributed by atoms with van der Waals surface area (Å²) >= 11 is 0. The first-order chi connectivity index (χ1) is 15.4. The monoisotopic (exact) mass is 459 g/mol.